The van der Waals surface area contributed by atoms with Gasteiger partial charge in [-0.1, -0.05) is 13.8 Å². The molecular formula is C9H17NO3. The number of carboxylic acids is 1. The zero-order valence-electron chi connectivity index (χ0n) is 8.33. The maximum absolute atomic E-state index is 11.0. The molecule has 1 atom stereocenters. The molecule has 0 aromatic carbocycles. The standard InChI is InChI=1S/C9H17NO3/c1-6(2)10-8(7(3)11)4-5-9(12)13/h6,8,10H,4-5H2,1-3H3,(H,12,13)/t8-/m1/s1. The van der Waals surface area contributed by atoms with Crippen LogP contribution < -0.4 is 5.32 Å². The molecule has 0 rings (SSSR count). The van der Waals surface area contributed by atoms with Gasteiger partial charge in [0, 0.05) is 12.5 Å². The van der Waals surface area contributed by atoms with Crippen LogP contribution in [0.1, 0.15) is 33.6 Å². The van der Waals surface area contributed by atoms with Gasteiger partial charge in [-0.2, -0.15) is 0 Å². The van der Waals surface area contributed by atoms with E-state index in [2.05, 4.69) is 5.32 Å². The Morgan fingerprint density at radius 3 is 2.23 bits per heavy atom. The number of rotatable bonds is 6. The van der Waals surface area contributed by atoms with E-state index in [4.69, 9.17) is 5.11 Å². The third kappa shape index (κ3) is 6.28. The van der Waals surface area contributed by atoms with Crippen molar-refractivity contribution in [3.8, 4) is 0 Å². The van der Waals surface area contributed by atoms with Crippen LogP contribution in [0.25, 0.3) is 0 Å². The van der Waals surface area contributed by atoms with E-state index in [1.165, 1.54) is 6.92 Å². The second kappa shape index (κ2) is 5.70. The highest BCUT2D eigenvalue weighted by Crippen LogP contribution is 2.00. The Morgan fingerprint density at radius 2 is 1.92 bits per heavy atom. The van der Waals surface area contributed by atoms with E-state index in [1.807, 2.05) is 13.8 Å². The third-order valence-electron chi connectivity index (χ3n) is 1.67. The van der Waals surface area contributed by atoms with Gasteiger partial charge in [0.05, 0.1) is 6.04 Å². The molecule has 4 heteroatoms. The first-order chi connectivity index (χ1) is 5.93. The van der Waals surface area contributed by atoms with E-state index in [0.717, 1.165) is 0 Å². The van der Waals surface area contributed by atoms with Gasteiger partial charge in [-0.15, -0.1) is 0 Å². The summed E-state index contributed by atoms with van der Waals surface area (Å²) in [5.41, 5.74) is 0. The van der Waals surface area contributed by atoms with E-state index < -0.39 is 5.97 Å². The van der Waals surface area contributed by atoms with Gasteiger partial charge >= 0.3 is 5.97 Å². The van der Waals surface area contributed by atoms with Crippen molar-refractivity contribution >= 4 is 11.8 Å². The van der Waals surface area contributed by atoms with Gasteiger partial charge in [-0.25, -0.2) is 0 Å². The van der Waals surface area contributed by atoms with Crippen molar-refractivity contribution in [2.45, 2.75) is 45.7 Å². The first-order valence-corrected chi connectivity index (χ1v) is 4.41. The molecule has 13 heavy (non-hydrogen) atoms. The van der Waals surface area contributed by atoms with Crippen molar-refractivity contribution in [1.82, 2.24) is 5.32 Å². The maximum Gasteiger partial charge on any atom is 0.303 e. The van der Waals surface area contributed by atoms with Gasteiger partial charge < -0.3 is 10.4 Å². The molecule has 0 bridgehead atoms. The van der Waals surface area contributed by atoms with Crippen molar-refractivity contribution in [3.63, 3.8) is 0 Å². The lowest BCUT2D eigenvalue weighted by Crippen LogP contribution is -2.40. The average Bonchev–Trinajstić information content (AvgIpc) is 1.96. The minimum absolute atomic E-state index is 0.00468. The summed E-state index contributed by atoms with van der Waals surface area (Å²) in [6.07, 6.45) is 0.396. The van der Waals surface area contributed by atoms with Crippen LogP contribution in [-0.4, -0.2) is 28.9 Å². The van der Waals surface area contributed by atoms with E-state index in [1.54, 1.807) is 0 Å². The molecule has 0 saturated heterocycles. The number of ketones is 1. The number of hydrogen-bond donors (Lipinski definition) is 2. The van der Waals surface area contributed by atoms with Crippen LogP contribution in [0.2, 0.25) is 0 Å². The first kappa shape index (κ1) is 12.1. The molecular weight excluding hydrogens is 170 g/mol. The molecule has 0 saturated carbocycles. The summed E-state index contributed by atoms with van der Waals surface area (Å²) in [5.74, 6) is -0.869. The summed E-state index contributed by atoms with van der Waals surface area (Å²) >= 11 is 0. The number of nitrogens with one attached hydrogen (secondary N) is 1. The van der Waals surface area contributed by atoms with Crippen molar-refractivity contribution < 1.29 is 14.7 Å². The first-order valence-electron chi connectivity index (χ1n) is 4.41. The molecule has 0 aromatic heterocycles. The summed E-state index contributed by atoms with van der Waals surface area (Å²) in [5, 5.41) is 11.5. The highest BCUT2D eigenvalue weighted by molar-refractivity contribution is 5.82. The second-order valence-electron chi connectivity index (χ2n) is 3.42. The SMILES string of the molecule is CC(=O)[C@@H](CCC(=O)O)NC(C)C. The molecule has 0 aliphatic carbocycles. The summed E-state index contributed by atoms with van der Waals surface area (Å²) in [6.45, 7) is 5.33. The summed E-state index contributed by atoms with van der Waals surface area (Å²) in [4.78, 5) is 21.3. The van der Waals surface area contributed by atoms with E-state index in [0.29, 0.717) is 6.42 Å². The highest BCUT2D eigenvalue weighted by atomic mass is 16.4. The van der Waals surface area contributed by atoms with Crippen LogP contribution in [-0.2, 0) is 9.59 Å². The van der Waals surface area contributed by atoms with Crippen molar-refractivity contribution in [2.75, 3.05) is 0 Å². The normalized spacial score (nSPS) is 12.9. The fourth-order valence-corrected chi connectivity index (χ4v) is 1.07. The van der Waals surface area contributed by atoms with Crippen molar-refractivity contribution in [2.24, 2.45) is 0 Å². The molecule has 0 aliphatic rings. The molecule has 0 radical (unpaired) electrons. The van der Waals surface area contributed by atoms with E-state index in [9.17, 15) is 9.59 Å². The Morgan fingerprint density at radius 1 is 1.38 bits per heavy atom. The topological polar surface area (TPSA) is 66.4 Å². The predicted molar refractivity (Wildman–Crippen MR) is 49.6 cm³/mol. The minimum Gasteiger partial charge on any atom is -0.481 e. The fraction of sp³-hybridized carbons (Fsp3) is 0.778. The molecule has 0 heterocycles. The highest BCUT2D eigenvalue weighted by Gasteiger charge is 2.15. The number of carbonyl (C=O) groups excluding carboxylic acids is 1. The molecule has 76 valence electrons. The Labute approximate surface area is 78.3 Å². The lowest BCUT2D eigenvalue weighted by Gasteiger charge is -2.17. The molecule has 0 aromatic rings. The lowest BCUT2D eigenvalue weighted by molar-refractivity contribution is -0.137. The minimum atomic E-state index is -0.864. The van der Waals surface area contributed by atoms with Crippen molar-refractivity contribution in [3.05, 3.63) is 0 Å². The third-order valence-corrected chi connectivity index (χ3v) is 1.67. The maximum atomic E-state index is 11.0. The number of Topliss-reactive ketones (excluding diaryl/α,β-unsaturated/α-hetero) is 1. The van der Waals surface area contributed by atoms with Gasteiger partial charge in [0.15, 0.2) is 0 Å². The Balaban J connectivity index is 3.95. The number of carboxylic acid groups (broad SMARTS) is 1. The van der Waals surface area contributed by atoms with Crippen LogP contribution in [0.5, 0.6) is 0 Å². The molecule has 0 aliphatic heterocycles. The van der Waals surface area contributed by atoms with Crippen LogP contribution >= 0.6 is 0 Å². The van der Waals surface area contributed by atoms with Crippen LogP contribution in [0.4, 0.5) is 0 Å². The smallest absolute Gasteiger partial charge is 0.303 e. The zero-order chi connectivity index (χ0) is 10.4. The molecule has 0 spiro atoms. The zero-order valence-corrected chi connectivity index (χ0v) is 8.33. The van der Waals surface area contributed by atoms with Gasteiger partial charge in [0.25, 0.3) is 0 Å². The van der Waals surface area contributed by atoms with Gasteiger partial charge in [-0.3, -0.25) is 9.59 Å². The quantitative estimate of drug-likeness (QED) is 0.645. The molecule has 0 fully saturated rings. The number of aliphatic carboxylic acids is 1. The van der Waals surface area contributed by atoms with Crippen LogP contribution in [0.3, 0.4) is 0 Å². The molecule has 2 N–H and O–H groups in total. The summed E-state index contributed by atoms with van der Waals surface area (Å²) in [7, 11) is 0. The number of carbonyl (C=O) groups is 2. The molecule has 4 nitrogen and oxygen atoms in total. The molecule has 0 unspecified atom stereocenters. The Kier molecular flexibility index (Phi) is 5.30. The van der Waals surface area contributed by atoms with Crippen LogP contribution in [0, 0.1) is 0 Å². The molecule has 0 amide bonds. The van der Waals surface area contributed by atoms with Crippen LogP contribution in [0.15, 0.2) is 0 Å². The van der Waals surface area contributed by atoms with E-state index >= 15 is 0 Å². The second-order valence-corrected chi connectivity index (χ2v) is 3.42. The van der Waals surface area contributed by atoms with Gasteiger partial charge in [0.2, 0.25) is 0 Å². The fourth-order valence-electron chi connectivity index (χ4n) is 1.07. The van der Waals surface area contributed by atoms with Crippen molar-refractivity contribution in [1.29, 1.82) is 0 Å². The summed E-state index contributed by atoms with van der Waals surface area (Å²) < 4.78 is 0. The van der Waals surface area contributed by atoms with E-state index in [-0.39, 0.29) is 24.3 Å². The lowest BCUT2D eigenvalue weighted by atomic mass is 10.1. The largest absolute Gasteiger partial charge is 0.481 e. The Bertz CT molecular complexity index is 189. The predicted octanol–water partition coefficient (Wildman–Crippen LogP) is 0.807. The monoisotopic (exact) mass is 187 g/mol. The van der Waals surface area contributed by atoms with Gasteiger partial charge in [-0.05, 0) is 13.3 Å². The average molecular weight is 187 g/mol. The number of hydrogen-bond acceptors (Lipinski definition) is 3. The van der Waals surface area contributed by atoms with Gasteiger partial charge in [0.1, 0.15) is 5.78 Å². The Hall–Kier alpha value is -0.900. The summed E-state index contributed by atoms with van der Waals surface area (Å²) in [6, 6.07) is -0.126.